The van der Waals surface area contributed by atoms with Crippen molar-refractivity contribution in [2.75, 3.05) is 7.11 Å². The van der Waals surface area contributed by atoms with Gasteiger partial charge in [-0.3, -0.25) is 14.4 Å². The first-order valence-corrected chi connectivity index (χ1v) is 11.2. The van der Waals surface area contributed by atoms with Crippen LogP contribution in [-0.2, 0) is 23.9 Å². The molecule has 0 unspecified atom stereocenters. The molecule has 162 valence electrons. The summed E-state index contributed by atoms with van der Waals surface area (Å²) in [5.41, 5.74) is 0. The van der Waals surface area contributed by atoms with Crippen LogP contribution in [-0.4, -0.2) is 30.9 Å². The van der Waals surface area contributed by atoms with Gasteiger partial charge >= 0.3 is 11.9 Å². The molecular formula is C23H33BrO5. The third-order valence-electron chi connectivity index (χ3n) is 4.87. The van der Waals surface area contributed by atoms with Crippen molar-refractivity contribution in [3.05, 3.63) is 34.9 Å². The molecule has 1 aliphatic carbocycles. The third kappa shape index (κ3) is 10.1. The number of unbranched alkanes of at least 4 members (excludes halogenated alkanes) is 3. The van der Waals surface area contributed by atoms with Crippen molar-refractivity contribution in [3.8, 4) is 0 Å². The van der Waals surface area contributed by atoms with E-state index in [1.54, 1.807) is 0 Å². The molecule has 0 spiro atoms. The number of Topliss-reactive ketones (excluding diaryl/α,β-unsaturated/α-hetero) is 1. The summed E-state index contributed by atoms with van der Waals surface area (Å²) in [6, 6.07) is 0. The fourth-order valence-corrected chi connectivity index (χ4v) is 3.85. The topological polar surface area (TPSA) is 69.7 Å². The van der Waals surface area contributed by atoms with E-state index < -0.39 is 0 Å². The molecule has 29 heavy (non-hydrogen) atoms. The molecule has 0 bridgehead atoms. The molecule has 1 rings (SSSR count). The van der Waals surface area contributed by atoms with Gasteiger partial charge in [-0.25, -0.2) is 0 Å². The minimum atomic E-state index is -0.290. The van der Waals surface area contributed by atoms with Gasteiger partial charge in [0.05, 0.1) is 11.6 Å². The maximum atomic E-state index is 12.5. The van der Waals surface area contributed by atoms with Crippen molar-refractivity contribution in [3.63, 3.8) is 0 Å². The van der Waals surface area contributed by atoms with Crippen molar-refractivity contribution in [1.29, 1.82) is 0 Å². The van der Waals surface area contributed by atoms with Crippen LogP contribution in [0.2, 0.25) is 0 Å². The zero-order valence-corrected chi connectivity index (χ0v) is 19.3. The number of allylic oxidation sites excluding steroid dienone is 5. The highest BCUT2D eigenvalue weighted by atomic mass is 79.9. The van der Waals surface area contributed by atoms with Crippen LogP contribution in [0.3, 0.4) is 0 Å². The number of halogens is 1. The molecule has 6 heteroatoms. The highest BCUT2D eigenvalue weighted by molar-refractivity contribution is 9.12. The minimum Gasteiger partial charge on any atom is -0.469 e. The Hall–Kier alpha value is -1.69. The van der Waals surface area contributed by atoms with Gasteiger partial charge in [0.1, 0.15) is 6.10 Å². The van der Waals surface area contributed by atoms with Gasteiger partial charge in [0.25, 0.3) is 0 Å². The van der Waals surface area contributed by atoms with Crippen LogP contribution >= 0.6 is 15.9 Å². The SMILES string of the molecule is CCCCC[C@@H](/C=C/[C@H]1C=C(Br)C(=O)[C@@H]1C/C=C\CCCC(=O)OC)OC(C)=O. The number of carbonyl (C=O) groups is 3. The van der Waals surface area contributed by atoms with Gasteiger partial charge in [-0.05, 0) is 54.1 Å². The summed E-state index contributed by atoms with van der Waals surface area (Å²) in [5.74, 6) is -0.591. The molecule has 0 saturated carbocycles. The summed E-state index contributed by atoms with van der Waals surface area (Å²) < 4.78 is 10.6. The van der Waals surface area contributed by atoms with E-state index in [1.807, 2.05) is 30.4 Å². The lowest BCUT2D eigenvalue weighted by Gasteiger charge is -2.16. The quantitative estimate of drug-likeness (QED) is 0.204. The lowest BCUT2D eigenvalue weighted by Crippen LogP contribution is -2.17. The molecule has 0 saturated heterocycles. The smallest absolute Gasteiger partial charge is 0.305 e. The number of hydrogen-bond acceptors (Lipinski definition) is 5. The van der Waals surface area contributed by atoms with Gasteiger partial charge in [-0.2, -0.15) is 0 Å². The molecule has 0 heterocycles. The van der Waals surface area contributed by atoms with Gasteiger partial charge in [0.2, 0.25) is 0 Å². The number of carbonyl (C=O) groups excluding carboxylic acids is 3. The van der Waals surface area contributed by atoms with Gasteiger partial charge in [0, 0.05) is 25.2 Å². The van der Waals surface area contributed by atoms with E-state index in [9.17, 15) is 14.4 Å². The van der Waals surface area contributed by atoms with Crippen LogP contribution in [0.25, 0.3) is 0 Å². The molecule has 0 aliphatic heterocycles. The van der Waals surface area contributed by atoms with Crippen LogP contribution in [0.15, 0.2) is 34.9 Å². The van der Waals surface area contributed by atoms with Crippen LogP contribution in [0.4, 0.5) is 0 Å². The van der Waals surface area contributed by atoms with Crippen molar-refractivity contribution in [1.82, 2.24) is 0 Å². The van der Waals surface area contributed by atoms with Gasteiger partial charge in [0.15, 0.2) is 5.78 Å². The Morgan fingerprint density at radius 2 is 2.00 bits per heavy atom. The van der Waals surface area contributed by atoms with Crippen LogP contribution in [0.1, 0.15) is 65.2 Å². The average molecular weight is 469 g/mol. The molecule has 0 aromatic carbocycles. The second-order valence-electron chi connectivity index (χ2n) is 7.27. The number of hydrogen-bond donors (Lipinski definition) is 0. The predicted molar refractivity (Wildman–Crippen MR) is 117 cm³/mol. The molecule has 5 nitrogen and oxygen atoms in total. The Morgan fingerprint density at radius 3 is 2.66 bits per heavy atom. The minimum absolute atomic E-state index is 0.0270. The van der Waals surface area contributed by atoms with Crippen molar-refractivity contribution in [2.45, 2.75) is 71.3 Å². The fraction of sp³-hybridized carbons (Fsp3) is 0.609. The molecule has 1 aliphatic rings. The molecule has 0 aromatic heterocycles. The molecule has 0 amide bonds. The first kappa shape index (κ1) is 25.3. The molecule has 3 atom stereocenters. The monoisotopic (exact) mass is 468 g/mol. The van der Waals surface area contributed by atoms with E-state index in [4.69, 9.17) is 4.74 Å². The number of methoxy groups -OCH3 is 1. The number of esters is 2. The second-order valence-corrected chi connectivity index (χ2v) is 8.12. The Balaban J connectivity index is 2.63. The van der Waals surface area contributed by atoms with E-state index in [0.29, 0.717) is 17.3 Å². The van der Waals surface area contributed by atoms with Gasteiger partial charge < -0.3 is 9.47 Å². The second kappa shape index (κ2) is 14.3. The normalized spacial score (nSPS) is 20.3. The lowest BCUT2D eigenvalue weighted by atomic mass is 9.90. The highest BCUT2D eigenvalue weighted by Crippen LogP contribution is 2.34. The molecule has 0 aromatic rings. The summed E-state index contributed by atoms with van der Waals surface area (Å²) in [4.78, 5) is 35.0. The van der Waals surface area contributed by atoms with E-state index in [2.05, 4.69) is 27.6 Å². The van der Waals surface area contributed by atoms with Crippen molar-refractivity contribution < 1.29 is 23.9 Å². The molecule has 0 radical (unpaired) electrons. The first-order valence-electron chi connectivity index (χ1n) is 10.4. The standard InChI is InChI=1S/C23H33BrO5/c1-4-5-8-11-19(29-17(2)25)15-14-18-16-21(24)23(27)20(18)12-9-6-7-10-13-22(26)28-3/h6,9,14-16,18-20H,4-5,7-8,10-13H2,1-3H3/b9-6-,15-14+/t18-,19-,20+/m0/s1. The van der Waals surface area contributed by atoms with E-state index in [0.717, 1.165) is 38.5 Å². The highest BCUT2D eigenvalue weighted by Gasteiger charge is 2.32. The summed E-state index contributed by atoms with van der Waals surface area (Å²) in [6.07, 6.45) is 16.1. The predicted octanol–water partition coefficient (Wildman–Crippen LogP) is 5.44. The molecule has 0 N–H and O–H groups in total. The molecule has 0 fully saturated rings. The van der Waals surface area contributed by atoms with Crippen LogP contribution < -0.4 is 0 Å². The van der Waals surface area contributed by atoms with Crippen molar-refractivity contribution in [2.24, 2.45) is 11.8 Å². The third-order valence-corrected chi connectivity index (χ3v) is 5.52. The van der Waals surface area contributed by atoms with Gasteiger partial charge in [-0.15, -0.1) is 0 Å². The van der Waals surface area contributed by atoms with E-state index >= 15 is 0 Å². The Kier molecular flexibility index (Phi) is 12.5. The zero-order valence-electron chi connectivity index (χ0n) is 17.7. The Labute approximate surface area is 182 Å². The number of rotatable bonds is 13. The summed E-state index contributed by atoms with van der Waals surface area (Å²) >= 11 is 3.36. The summed E-state index contributed by atoms with van der Waals surface area (Å²) in [5, 5.41) is 0. The maximum absolute atomic E-state index is 12.5. The van der Waals surface area contributed by atoms with E-state index in [-0.39, 0.29) is 35.7 Å². The summed E-state index contributed by atoms with van der Waals surface area (Å²) in [7, 11) is 1.39. The summed E-state index contributed by atoms with van der Waals surface area (Å²) in [6.45, 7) is 3.56. The Bertz CT molecular complexity index is 635. The lowest BCUT2D eigenvalue weighted by molar-refractivity contribution is -0.144. The largest absolute Gasteiger partial charge is 0.469 e. The van der Waals surface area contributed by atoms with Gasteiger partial charge in [-0.1, -0.05) is 44.1 Å². The van der Waals surface area contributed by atoms with E-state index in [1.165, 1.54) is 14.0 Å². The van der Waals surface area contributed by atoms with Crippen LogP contribution in [0.5, 0.6) is 0 Å². The van der Waals surface area contributed by atoms with Crippen molar-refractivity contribution >= 4 is 33.7 Å². The molecular weight excluding hydrogens is 436 g/mol. The number of ketones is 1. The zero-order chi connectivity index (χ0) is 21.6. The Morgan fingerprint density at radius 1 is 1.24 bits per heavy atom. The first-order chi connectivity index (χ1) is 13.9. The average Bonchev–Trinajstić information content (AvgIpc) is 2.95. The van der Waals surface area contributed by atoms with Crippen LogP contribution in [0, 0.1) is 11.8 Å². The maximum Gasteiger partial charge on any atom is 0.305 e. The fourth-order valence-electron chi connectivity index (χ4n) is 3.26. The number of ether oxygens (including phenoxy) is 2.